The molecule has 0 saturated carbocycles. The SMILES string of the molecule is CCc1ccc(-n2c(C)cc([C@@H]3[C@@H](c4ccccn4)NC(=S)N3c3ccc(NS(C)(=O)=O)cc3)c2C)cc1. The molecule has 4 aromatic rings. The van der Waals surface area contributed by atoms with E-state index in [9.17, 15) is 8.42 Å². The molecule has 5 rings (SSSR count). The van der Waals surface area contributed by atoms with E-state index in [0.29, 0.717) is 10.8 Å². The molecule has 0 spiro atoms. The highest BCUT2D eigenvalue weighted by molar-refractivity contribution is 7.92. The van der Waals surface area contributed by atoms with Gasteiger partial charge in [0.05, 0.1) is 24.0 Å². The fourth-order valence-electron chi connectivity index (χ4n) is 5.22. The summed E-state index contributed by atoms with van der Waals surface area (Å²) in [5.41, 5.74) is 8.09. The maximum absolute atomic E-state index is 11.7. The zero-order chi connectivity index (χ0) is 27.0. The lowest BCUT2D eigenvalue weighted by molar-refractivity contribution is 0.565. The zero-order valence-corrected chi connectivity index (χ0v) is 23.5. The van der Waals surface area contributed by atoms with Gasteiger partial charge in [-0.1, -0.05) is 25.1 Å². The first-order chi connectivity index (χ1) is 18.2. The highest BCUT2D eigenvalue weighted by Crippen LogP contribution is 2.44. The Morgan fingerprint density at radius 2 is 1.68 bits per heavy atom. The summed E-state index contributed by atoms with van der Waals surface area (Å²) in [5, 5.41) is 4.09. The molecular formula is C29H31N5O2S2. The number of thiocarbonyl (C=S) groups is 1. The third kappa shape index (κ3) is 5.04. The van der Waals surface area contributed by atoms with Crippen molar-refractivity contribution in [2.45, 2.75) is 39.3 Å². The van der Waals surface area contributed by atoms with Crippen LogP contribution >= 0.6 is 12.2 Å². The van der Waals surface area contributed by atoms with E-state index in [0.717, 1.165) is 46.7 Å². The molecule has 0 aliphatic carbocycles. The second-order valence-electron chi connectivity index (χ2n) is 9.60. The van der Waals surface area contributed by atoms with E-state index in [2.05, 4.69) is 75.6 Å². The first kappa shape index (κ1) is 25.9. The van der Waals surface area contributed by atoms with Crippen molar-refractivity contribution in [1.29, 1.82) is 0 Å². The van der Waals surface area contributed by atoms with E-state index in [1.165, 1.54) is 5.56 Å². The van der Waals surface area contributed by atoms with Gasteiger partial charge < -0.3 is 14.8 Å². The molecule has 9 heteroatoms. The van der Waals surface area contributed by atoms with Gasteiger partial charge in [-0.15, -0.1) is 0 Å². The van der Waals surface area contributed by atoms with E-state index in [1.807, 2.05) is 30.3 Å². The molecule has 1 aliphatic rings. The van der Waals surface area contributed by atoms with Crippen molar-refractivity contribution in [3.63, 3.8) is 0 Å². The number of aromatic nitrogens is 2. The fourth-order valence-corrected chi connectivity index (χ4v) is 6.13. The van der Waals surface area contributed by atoms with Crippen LogP contribution in [0.4, 0.5) is 11.4 Å². The van der Waals surface area contributed by atoms with Crippen molar-refractivity contribution in [3.05, 3.63) is 107 Å². The molecule has 2 aromatic heterocycles. The molecule has 38 heavy (non-hydrogen) atoms. The van der Waals surface area contributed by atoms with Crippen LogP contribution in [0.5, 0.6) is 0 Å². The molecule has 1 aliphatic heterocycles. The summed E-state index contributed by atoms with van der Waals surface area (Å²) in [4.78, 5) is 6.76. The Labute approximate surface area is 229 Å². The third-order valence-electron chi connectivity index (χ3n) is 6.94. The van der Waals surface area contributed by atoms with E-state index in [1.54, 1.807) is 18.3 Å². The molecule has 1 fully saturated rings. The van der Waals surface area contributed by atoms with Crippen molar-refractivity contribution in [3.8, 4) is 5.69 Å². The topological polar surface area (TPSA) is 79.3 Å². The van der Waals surface area contributed by atoms with Crippen molar-refractivity contribution in [2.24, 2.45) is 0 Å². The molecular weight excluding hydrogens is 514 g/mol. The van der Waals surface area contributed by atoms with Crippen molar-refractivity contribution < 1.29 is 8.42 Å². The molecule has 2 aromatic carbocycles. The highest BCUT2D eigenvalue weighted by atomic mass is 32.2. The number of anilines is 2. The number of aryl methyl sites for hydroxylation is 2. The first-order valence-corrected chi connectivity index (χ1v) is 14.8. The van der Waals surface area contributed by atoms with Gasteiger partial charge in [-0.25, -0.2) is 8.42 Å². The first-order valence-electron chi connectivity index (χ1n) is 12.5. The number of nitrogens with one attached hydrogen (secondary N) is 2. The largest absolute Gasteiger partial charge is 0.351 e. The van der Waals surface area contributed by atoms with E-state index in [4.69, 9.17) is 12.2 Å². The van der Waals surface area contributed by atoms with Crippen LogP contribution in [0.1, 0.15) is 47.2 Å². The van der Waals surface area contributed by atoms with Gasteiger partial charge in [0.2, 0.25) is 10.0 Å². The van der Waals surface area contributed by atoms with Crippen molar-refractivity contribution in [2.75, 3.05) is 15.9 Å². The summed E-state index contributed by atoms with van der Waals surface area (Å²) >= 11 is 5.87. The van der Waals surface area contributed by atoms with Crippen LogP contribution in [0.2, 0.25) is 0 Å². The minimum Gasteiger partial charge on any atom is -0.351 e. The van der Waals surface area contributed by atoms with Gasteiger partial charge in [0.25, 0.3) is 0 Å². The summed E-state index contributed by atoms with van der Waals surface area (Å²) < 4.78 is 28.2. The maximum Gasteiger partial charge on any atom is 0.229 e. The van der Waals surface area contributed by atoms with Gasteiger partial charge in [0.15, 0.2) is 5.11 Å². The minimum absolute atomic E-state index is 0.166. The third-order valence-corrected chi connectivity index (χ3v) is 7.86. The second-order valence-corrected chi connectivity index (χ2v) is 11.7. The number of sulfonamides is 1. The molecule has 0 unspecified atom stereocenters. The fraction of sp³-hybridized carbons (Fsp3) is 0.241. The molecule has 0 amide bonds. The lowest BCUT2D eigenvalue weighted by atomic mass is 9.96. The van der Waals surface area contributed by atoms with Gasteiger partial charge in [-0.05, 0) is 98.2 Å². The van der Waals surface area contributed by atoms with Crippen LogP contribution in [0.15, 0.2) is 79.0 Å². The Morgan fingerprint density at radius 3 is 2.29 bits per heavy atom. The Hall–Kier alpha value is -3.69. The second kappa shape index (κ2) is 10.2. The summed E-state index contributed by atoms with van der Waals surface area (Å²) in [6, 6.07) is 23.8. The van der Waals surface area contributed by atoms with Crippen LogP contribution in [0, 0.1) is 13.8 Å². The van der Waals surface area contributed by atoms with Gasteiger partial charge in [-0.3, -0.25) is 9.71 Å². The predicted octanol–water partition coefficient (Wildman–Crippen LogP) is 5.60. The average Bonchev–Trinajstić information content (AvgIpc) is 3.39. The summed E-state index contributed by atoms with van der Waals surface area (Å²) in [6.45, 7) is 6.42. The Balaban J connectivity index is 1.61. The number of hydrogen-bond donors (Lipinski definition) is 2. The van der Waals surface area contributed by atoms with E-state index < -0.39 is 10.0 Å². The van der Waals surface area contributed by atoms with Gasteiger partial charge in [0, 0.05) is 34.6 Å². The summed E-state index contributed by atoms with van der Waals surface area (Å²) in [6.07, 6.45) is 3.93. The van der Waals surface area contributed by atoms with Crippen molar-refractivity contribution >= 4 is 38.7 Å². The number of pyridine rings is 1. The van der Waals surface area contributed by atoms with E-state index in [-0.39, 0.29) is 12.1 Å². The molecule has 0 bridgehead atoms. The standard InChI is InChI=1S/C29H31N5O2S2/c1-5-21-9-13-23(14-10-21)33-19(2)18-25(20(33)3)28-27(26-8-6-7-17-30-26)31-29(37)34(28)24-15-11-22(12-16-24)32-38(4,35)36/h6-18,27-28,32H,5H2,1-4H3,(H,31,37)/t27-,28-/m1/s1. The Morgan fingerprint density at radius 1 is 1.00 bits per heavy atom. The molecule has 196 valence electrons. The van der Waals surface area contributed by atoms with Crippen LogP contribution in [-0.4, -0.2) is 29.3 Å². The van der Waals surface area contributed by atoms with Crippen LogP contribution in [0.3, 0.4) is 0 Å². The van der Waals surface area contributed by atoms with E-state index >= 15 is 0 Å². The minimum atomic E-state index is -3.37. The summed E-state index contributed by atoms with van der Waals surface area (Å²) in [7, 11) is -3.37. The zero-order valence-electron chi connectivity index (χ0n) is 21.8. The quantitative estimate of drug-likeness (QED) is 0.294. The Bertz CT molecular complexity index is 1560. The van der Waals surface area contributed by atoms with Crippen LogP contribution in [0.25, 0.3) is 5.69 Å². The highest BCUT2D eigenvalue weighted by Gasteiger charge is 2.42. The number of rotatable bonds is 7. The average molecular weight is 546 g/mol. The molecule has 2 atom stereocenters. The van der Waals surface area contributed by atoms with Gasteiger partial charge in [-0.2, -0.15) is 0 Å². The lowest BCUT2D eigenvalue weighted by Crippen LogP contribution is -2.29. The molecule has 3 heterocycles. The van der Waals surface area contributed by atoms with Crippen molar-refractivity contribution in [1.82, 2.24) is 14.9 Å². The summed E-state index contributed by atoms with van der Waals surface area (Å²) in [5.74, 6) is 0. The Kier molecular flexibility index (Phi) is 6.98. The normalized spacial score (nSPS) is 17.5. The molecule has 7 nitrogen and oxygen atoms in total. The van der Waals surface area contributed by atoms with Crippen LogP contribution < -0.4 is 14.9 Å². The molecule has 1 saturated heterocycles. The number of benzene rings is 2. The van der Waals surface area contributed by atoms with Gasteiger partial charge in [0.1, 0.15) is 0 Å². The molecule has 2 N–H and O–H groups in total. The lowest BCUT2D eigenvalue weighted by Gasteiger charge is -2.28. The maximum atomic E-state index is 11.7. The number of nitrogens with zero attached hydrogens (tertiary/aromatic N) is 3. The predicted molar refractivity (Wildman–Crippen MR) is 157 cm³/mol. The monoisotopic (exact) mass is 545 g/mol. The van der Waals surface area contributed by atoms with Gasteiger partial charge >= 0.3 is 0 Å². The van der Waals surface area contributed by atoms with Crippen LogP contribution in [-0.2, 0) is 16.4 Å². The smallest absolute Gasteiger partial charge is 0.229 e. The molecule has 0 radical (unpaired) electrons. The number of hydrogen-bond acceptors (Lipinski definition) is 4.